The van der Waals surface area contributed by atoms with Crippen molar-refractivity contribution in [2.45, 2.75) is 25.9 Å². The van der Waals surface area contributed by atoms with Crippen LogP contribution in [0.25, 0.3) is 22.3 Å². The molecule has 0 fully saturated rings. The topological polar surface area (TPSA) is 72.0 Å². The molecule has 0 aliphatic heterocycles. The maximum Gasteiger partial charge on any atom is 0.227 e. The van der Waals surface area contributed by atoms with Gasteiger partial charge < -0.3 is 9.63 Å². The number of aromatic nitrogens is 3. The summed E-state index contributed by atoms with van der Waals surface area (Å²) in [5.41, 5.74) is 0.718. The number of aliphatic hydroxyl groups excluding tert-OH is 1. The van der Waals surface area contributed by atoms with Gasteiger partial charge in [0, 0.05) is 18.0 Å². The number of hydrogen-bond acceptors (Lipinski definition) is 5. The lowest BCUT2D eigenvalue weighted by molar-refractivity contribution is 0.180. The van der Waals surface area contributed by atoms with Crippen LogP contribution in [0.4, 0.5) is 0 Å². The number of benzene rings is 1. The lowest BCUT2D eigenvalue weighted by Crippen LogP contribution is -2.01. The van der Waals surface area contributed by atoms with E-state index in [0.717, 1.165) is 16.5 Å². The van der Waals surface area contributed by atoms with Crippen molar-refractivity contribution < 1.29 is 9.63 Å². The number of hydrogen-bond donors (Lipinski definition) is 1. The zero-order valence-corrected chi connectivity index (χ0v) is 11.2. The molecule has 0 bridgehead atoms. The summed E-state index contributed by atoms with van der Waals surface area (Å²) in [4.78, 5) is 8.70. The normalized spacial score (nSPS) is 12.7. The lowest BCUT2D eigenvalue weighted by Gasteiger charge is -2.00. The molecule has 1 N–H and O–H groups in total. The van der Waals surface area contributed by atoms with Gasteiger partial charge in [-0.1, -0.05) is 29.4 Å². The molecule has 3 rings (SSSR count). The van der Waals surface area contributed by atoms with E-state index in [-0.39, 0.29) is 6.10 Å². The summed E-state index contributed by atoms with van der Waals surface area (Å²) in [5, 5.41) is 15.3. The Balaban J connectivity index is 1.95. The molecular formula is C15H15N3O2. The lowest BCUT2D eigenvalue weighted by atomic mass is 10.1. The van der Waals surface area contributed by atoms with Crippen molar-refractivity contribution in [3.63, 3.8) is 0 Å². The molecule has 0 spiro atoms. The van der Waals surface area contributed by atoms with Crippen LogP contribution < -0.4 is 0 Å². The maximum atomic E-state index is 9.28. The van der Waals surface area contributed by atoms with E-state index in [4.69, 9.17) is 4.52 Å². The van der Waals surface area contributed by atoms with Crippen molar-refractivity contribution in [2.24, 2.45) is 0 Å². The highest BCUT2D eigenvalue weighted by Gasteiger charge is 2.13. The second kappa shape index (κ2) is 5.38. The van der Waals surface area contributed by atoms with Crippen LogP contribution in [0.1, 0.15) is 19.2 Å². The molecule has 1 unspecified atom stereocenters. The highest BCUT2D eigenvalue weighted by atomic mass is 16.5. The van der Waals surface area contributed by atoms with Gasteiger partial charge in [-0.05, 0) is 24.8 Å². The molecule has 102 valence electrons. The number of fused-ring (bicyclic) bond motifs is 1. The van der Waals surface area contributed by atoms with Gasteiger partial charge in [0.25, 0.3) is 0 Å². The van der Waals surface area contributed by atoms with E-state index in [2.05, 4.69) is 15.1 Å². The van der Waals surface area contributed by atoms with Crippen molar-refractivity contribution in [1.82, 2.24) is 15.1 Å². The molecule has 2 heterocycles. The highest BCUT2D eigenvalue weighted by molar-refractivity contribution is 5.92. The second-order valence-corrected chi connectivity index (χ2v) is 4.78. The van der Waals surface area contributed by atoms with Gasteiger partial charge in [-0.2, -0.15) is 4.98 Å². The molecule has 5 heteroatoms. The van der Waals surface area contributed by atoms with Crippen LogP contribution in [0.3, 0.4) is 0 Å². The summed E-state index contributed by atoms with van der Waals surface area (Å²) in [5.74, 6) is 1.01. The van der Waals surface area contributed by atoms with Crippen molar-refractivity contribution in [3.05, 3.63) is 42.4 Å². The van der Waals surface area contributed by atoms with Crippen LogP contribution in [0.15, 0.2) is 41.1 Å². The number of pyridine rings is 1. The Morgan fingerprint density at radius 3 is 2.95 bits per heavy atom. The number of rotatable bonds is 4. The highest BCUT2D eigenvalue weighted by Crippen LogP contribution is 2.24. The maximum absolute atomic E-state index is 9.28. The largest absolute Gasteiger partial charge is 0.393 e. The molecule has 0 saturated heterocycles. The first kappa shape index (κ1) is 12.7. The standard InChI is InChI=1S/C15H15N3O2/c1-10(19)6-7-13-17-15(18-20-13)14-12-5-3-2-4-11(12)8-9-16-14/h2-5,8-10,19H,6-7H2,1H3. The molecule has 1 aromatic carbocycles. The van der Waals surface area contributed by atoms with E-state index in [1.54, 1.807) is 13.1 Å². The van der Waals surface area contributed by atoms with Gasteiger partial charge in [-0.15, -0.1) is 0 Å². The number of aliphatic hydroxyl groups is 1. The Hall–Kier alpha value is -2.27. The smallest absolute Gasteiger partial charge is 0.227 e. The summed E-state index contributed by atoms with van der Waals surface area (Å²) < 4.78 is 5.21. The van der Waals surface area contributed by atoms with Crippen molar-refractivity contribution >= 4 is 10.8 Å². The molecule has 5 nitrogen and oxygen atoms in total. The van der Waals surface area contributed by atoms with E-state index in [1.165, 1.54) is 0 Å². The van der Waals surface area contributed by atoms with Gasteiger partial charge in [-0.3, -0.25) is 4.98 Å². The van der Waals surface area contributed by atoms with Crippen molar-refractivity contribution in [2.75, 3.05) is 0 Å². The monoisotopic (exact) mass is 269 g/mol. The zero-order chi connectivity index (χ0) is 13.9. The summed E-state index contributed by atoms with van der Waals surface area (Å²) in [6.07, 6.45) is 2.53. The Labute approximate surface area is 116 Å². The zero-order valence-electron chi connectivity index (χ0n) is 11.2. The molecule has 2 aromatic heterocycles. The molecule has 20 heavy (non-hydrogen) atoms. The quantitative estimate of drug-likeness (QED) is 0.788. The van der Waals surface area contributed by atoms with Gasteiger partial charge in [0.05, 0.1) is 6.10 Å². The predicted molar refractivity (Wildman–Crippen MR) is 75.0 cm³/mol. The first-order valence-corrected chi connectivity index (χ1v) is 6.59. The predicted octanol–water partition coefficient (Wildman–Crippen LogP) is 2.60. The molecule has 1 atom stereocenters. The SMILES string of the molecule is CC(O)CCc1nc(-c2nccc3ccccc23)no1. The van der Waals surface area contributed by atoms with E-state index < -0.39 is 0 Å². The van der Waals surface area contributed by atoms with Crippen LogP contribution in [0.5, 0.6) is 0 Å². The molecule has 3 aromatic rings. The second-order valence-electron chi connectivity index (χ2n) is 4.78. The number of nitrogens with zero attached hydrogens (tertiary/aromatic N) is 3. The van der Waals surface area contributed by atoms with Crippen molar-refractivity contribution in [1.29, 1.82) is 0 Å². The Kier molecular flexibility index (Phi) is 3.43. The minimum atomic E-state index is -0.374. The van der Waals surface area contributed by atoms with Crippen molar-refractivity contribution in [3.8, 4) is 11.5 Å². The summed E-state index contributed by atoms with van der Waals surface area (Å²) >= 11 is 0. The Morgan fingerprint density at radius 2 is 2.10 bits per heavy atom. The minimum Gasteiger partial charge on any atom is -0.393 e. The van der Waals surface area contributed by atoms with Crippen LogP contribution >= 0.6 is 0 Å². The molecule has 0 amide bonds. The van der Waals surface area contributed by atoms with Crippen LogP contribution in [-0.4, -0.2) is 26.3 Å². The first-order valence-electron chi connectivity index (χ1n) is 6.59. The molecule has 0 aliphatic carbocycles. The van der Waals surface area contributed by atoms with E-state index in [9.17, 15) is 5.11 Å². The minimum absolute atomic E-state index is 0.374. The van der Waals surface area contributed by atoms with E-state index in [0.29, 0.717) is 24.6 Å². The number of aryl methyl sites for hydroxylation is 1. The molecule has 0 radical (unpaired) electrons. The fourth-order valence-corrected chi connectivity index (χ4v) is 2.08. The van der Waals surface area contributed by atoms with Gasteiger partial charge in [-0.25, -0.2) is 0 Å². The Bertz CT molecular complexity index is 716. The first-order chi connectivity index (χ1) is 9.74. The van der Waals surface area contributed by atoms with Crippen LogP contribution in [0.2, 0.25) is 0 Å². The third kappa shape index (κ3) is 2.53. The van der Waals surface area contributed by atoms with Gasteiger partial charge in [0.15, 0.2) is 0 Å². The average Bonchev–Trinajstić information content (AvgIpc) is 2.93. The van der Waals surface area contributed by atoms with E-state index in [1.807, 2.05) is 30.3 Å². The molecule has 0 saturated carbocycles. The third-order valence-corrected chi connectivity index (χ3v) is 3.13. The summed E-state index contributed by atoms with van der Waals surface area (Å²) in [6.45, 7) is 1.74. The Morgan fingerprint density at radius 1 is 1.25 bits per heavy atom. The van der Waals surface area contributed by atoms with Gasteiger partial charge >= 0.3 is 0 Å². The third-order valence-electron chi connectivity index (χ3n) is 3.13. The van der Waals surface area contributed by atoms with Crippen LogP contribution in [0, 0.1) is 0 Å². The fraction of sp³-hybridized carbons (Fsp3) is 0.267. The molecular weight excluding hydrogens is 254 g/mol. The molecule has 0 aliphatic rings. The fourth-order valence-electron chi connectivity index (χ4n) is 2.08. The summed E-state index contributed by atoms with van der Waals surface area (Å²) in [6, 6.07) is 9.91. The van der Waals surface area contributed by atoms with Gasteiger partial charge in [0.2, 0.25) is 11.7 Å². The van der Waals surface area contributed by atoms with E-state index >= 15 is 0 Å². The average molecular weight is 269 g/mol. The van der Waals surface area contributed by atoms with Crippen LogP contribution in [-0.2, 0) is 6.42 Å². The summed E-state index contributed by atoms with van der Waals surface area (Å²) in [7, 11) is 0. The van der Waals surface area contributed by atoms with Gasteiger partial charge in [0.1, 0.15) is 5.69 Å².